The average molecular weight is 579 g/mol. The number of aromatic nitrogens is 1. The maximum absolute atomic E-state index is 14.2. The fourth-order valence-corrected chi connectivity index (χ4v) is 5.25. The van der Waals surface area contributed by atoms with Crippen LogP contribution in [0.3, 0.4) is 0 Å². The van der Waals surface area contributed by atoms with Gasteiger partial charge in [0.2, 0.25) is 11.8 Å². The highest BCUT2D eigenvalue weighted by atomic mass is 32.1. The maximum atomic E-state index is 14.2. The summed E-state index contributed by atoms with van der Waals surface area (Å²) >= 11 is 6.08. The minimum atomic E-state index is -1.90. The Kier molecular flexibility index (Phi) is 12.0. The zero-order chi connectivity index (χ0) is 29.4. The van der Waals surface area contributed by atoms with Crippen LogP contribution in [0, 0.1) is 6.92 Å². The number of thiol groups is 1. The molecule has 3 amide bonds. The first-order valence-electron chi connectivity index (χ1n) is 13.8. The number of hydrogen-bond donors (Lipinski definition) is 3. The van der Waals surface area contributed by atoms with Gasteiger partial charge in [0, 0.05) is 17.8 Å². The molecule has 2 heterocycles. The third-order valence-electron chi connectivity index (χ3n) is 6.59. The number of carbonyl (C=O) groups excluding carboxylic acids is 3. The SMILES string of the molecule is CC.CC.Cc1ncsc1-c1ccc(CNC(=O)C2CCCN2C(=O)C(NC(=O)C2(F)CC2)C(C)(C)S)cc1. The molecule has 10 heteroatoms. The second-order valence-corrected chi connectivity index (χ2v) is 11.9. The lowest BCUT2D eigenvalue weighted by Gasteiger charge is -2.35. The Bertz CT molecular complexity index is 1110. The smallest absolute Gasteiger partial charge is 0.258 e. The Balaban J connectivity index is 0.00000127. The monoisotopic (exact) mass is 578 g/mol. The topological polar surface area (TPSA) is 91.4 Å². The van der Waals surface area contributed by atoms with E-state index in [0.717, 1.165) is 21.7 Å². The van der Waals surface area contributed by atoms with Gasteiger partial charge < -0.3 is 15.5 Å². The van der Waals surface area contributed by atoms with Crippen molar-refractivity contribution in [3.8, 4) is 10.4 Å². The summed E-state index contributed by atoms with van der Waals surface area (Å²) < 4.78 is 13.3. The highest BCUT2D eigenvalue weighted by Gasteiger charge is 2.53. The number of likely N-dealkylation sites (tertiary alicyclic amines) is 1. The van der Waals surface area contributed by atoms with Crippen molar-refractivity contribution in [2.75, 3.05) is 6.54 Å². The van der Waals surface area contributed by atoms with E-state index < -0.39 is 34.3 Å². The molecule has 1 aliphatic heterocycles. The number of carbonyl (C=O) groups is 3. The zero-order valence-corrected chi connectivity index (χ0v) is 25.8. The van der Waals surface area contributed by atoms with Crippen LogP contribution in [0.25, 0.3) is 10.4 Å². The van der Waals surface area contributed by atoms with E-state index in [0.29, 0.717) is 25.9 Å². The fourth-order valence-electron chi connectivity index (χ4n) is 4.27. The van der Waals surface area contributed by atoms with Crippen molar-refractivity contribution < 1.29 is 18.8 Å². The average Bonchev–Trinajstić information content (AvgIpc) is 3.30. The molecule has 2 unspecified atom stereocenters. The van der Waals surface area contributed by atoms with Gasteiger partial charge in [0.1, 0.15) is 12.1 Å². The molecule has 39 heavy (non-hydrogen) atoms. The van der Waals surface area contributed by atoms with Crippen molar-refractivity contribution in [1.29, 1.82) is 0 Å². The Morgan fingerprint density at radius 1 is 1.18 bits per heavy atom. The lowest BCUT2D eigenvalue weighted by atomic mass is 10.0. The number of benzene rings is 1. The van der Waals surface area contributed by atoms with E-state index >= 15 is 0 Å². The number of nitrogens with one attached hydrogen (secondary N) is 2. The molecule has 1 aromatic heterocycles. The highest BCUT2D eigenvalue weighted by Crippen LogP contribution is 2.40. The molecule has 2 aliphatic rings. The number of halogens is 1. The molecule has 1 saturated heterocycles. The molecular weight excluding hydrogens is 535 g/mol. The molecule has 0 spiro atoms. The van der Waals surface area contributed by atoms with Gasteiger partial charge in [0.05, 0.1) is 16.1 Å². The molecule has 4 rings (SSSR count). The van der Waals surface area contributed by atoms with Crippen molar-refractivity contribution in [3.05, 3.63) is 41.0 Å². The van der Waals surface area contributed by atoms with E-state index in [1.165, 1.54) is 4.90 Å². The predicted molar refractivity (Wildman–Crippen MR) is 160 cm³/mol. The summed E-state index contributed by atoms with van der Waals surface area (Å²) in [5, 5.41) is 5.49. The van der Waals surface area contributed by atoms with Gasteiger partial charge in [-0.3, -0.25) is 14.4 Å². The molecule has 1 aromatic carbocycles. The summed E-state index contributed by atoms with van der Waals surface area (Å²) in [4.78, 5) is 45.6. The predicted octanol–water partition coefficient (Wildman–Crippen LogP) is 5.47. The summed E-state index contributed by atoms with van der Waals surface area (Å²) in [7, 11) is 0. The molecular formula is C29H43FN4O3S2. The molecule has 1 aliphatic carbocycles. The normalized spacial score (nSPS) is 18.1. The Morgan fingerprint density at radius 3 is 2.31 bits per heavy atom. The molecule has 216 valence electrons. The van der Waals surface area contributed by atoms with E-state index in [-0.39, 0.29) is 18.7 Å². The molecule has 0 radical (unpaired) electrons. The number of nitrogens with zero attached hydrogens (tertiary/aromatic N) is 2. The molecule has 1 saturated carbocycles. The van der Waals surface area contributed by atoms with Crippen LogP contribution in [0.1, 0.15) is 78.5 Å². The van der Waals surface area contributed by atoms with Crippen LogP contribution in [0.15, 0.2) is 29.8 Å². The highest BCUT2D eigenvalue weighted by molar-refractivity contribution is 7.81. The van der Waals surface area contributed by atoms with Crippen molar-refractivity contribution in [2.45, 2.75) is 103 Å². The van der Waals surface area contributed by atoms with Crippen molar-refractivity contribution in [3.63, 3.8) is 0 Å². The first kappa shape index (κ1) is 32.8. The van der Waals surface area contributed by atoms with Crippen LogP contribution >= 0.6 is 24.0 Å². The standard InChI is InChI=1S/C25H31FN4O3S2.2C2H6/c1-15-19(35-14-28-15)17-8-6-16(7-9-17)13-27-21(31)18-5-4-12-30(18)22(32)20(24(2,3)34)29-23(33)25(26)10-11-25;2*1-2/h6-9,14,18,20,34H,4-5,10-13H2,1-3H3,(H,27,31)(H,29,33);2*1-2H3. The largest absolute Gasteiger partial charge is 0.350 e. The summed E-state index contributed by atoms with van der Waals surface area (Å²) in [5.41, 5.74) is 2.93. The fraction of sp³-hybridized carbons (Fsp3) is 0.586. The van der Waals surface area contributed by atoms with E-state index in [4.69, 9.17) is 0 Å². The minimum Gasteiger partial charge on any atom is -0.350 e. The molecule has 7 nitrogen and oxygen atoms in total. The molecule has 2 atom stereocenters. The van der Waals surface area contributed by atoms with Gasteiger partial charge in [-0.25, -0.2) is 9.37 Å². The molecule has 2 fully saturated rings. The number of aryl methyl sites for hydroxylation is 1. The summed E-state index contributed by atoms with van der Waals surface area (Å²) in [5.74, 6) is -1.44. The molecule has 0 bridgehead atoms. The Labute approximate surface area is 241 Å². The van der Waals surface area contributed by atoms with Gasteiger partial charge >= 0.3 is 0 Å². The number of thiazole rings is 1. The van der Waals surface area contributed by atoms with Crippen LogP contribution in [0.4, 0.5) is 4.39 Å². The van der Waals surface area contributed by atoms with Gasteiger partial charge in [-0.2, -0.15) is 12.6 Å². The van der Waals surface area contributed by atoms with E-state index in [9.17, 15) is 18.8 Å². The van der Waals surface area contributed by atoms with E-state index in [1.54, 1.807) is 25.2 Å². The number of hydrogen-bond acceptors (Lipinski definition) is 6. The summed E-state index contributed by atoms with van der Waals surface area (Å²) in [6.45, 7) is 14.1. The van der Waals surface area contributed by atoms with Gasteiger partial charge in [-0.15, -0.1) is 11.3 Å². The van der Waals surface area contributed by atoms with E-state index in [1.807, 2.05) is 64.4 Å². The lowest BCUT2D eigenvalue weighted by Crippen LogP contribution is -2.60. The van der Waals surface area contributed by atoms with E-state index in [2.05, 4.69) is 28.2 Å². The molecule has 2 N–H and O–H groups in total. The van der Waals surface area contributed by atoms with Crippen LogP contribution < -0.4 is 10.6 Å². The van der Waals surface area contributed by atoms with Gasteiger partial charge in [-0.05, 0) is 57.6 Å². The van der Waals surface area contributed by atoms with Crippen LogP contribution in [-0.2, 0) is 20.9 Å². The number of rotatable bonds is 8. The first-order valence-corrected chi connectivity index (χ1v) is 15.1. The lowest BCUT2D eigenvalue weighted by molar-refractivity contribution is -0.142. The Morgan fingerprint density at radius 2 is 1.79 bits per heavy atom. The first-order chi connectivity index (χ1) is 18.5. The second-order valence-electron chi connectivity index (χ2n) is 9.90. The van der Waals surface area contributed by atoms with Crippen molar-refractivity contribution in [2.24, 2.45) is 0 Å². The summed E-state index contributed by atoms with van der Waals surface area (Å²) in [6, 6.07) is 6.26. The third kappa shape index (κ3) is 8.27. The van der Waals surface area contributed by atoms with Gasteiger partial charge in [0.25, 0.3) is 5.91 Å². The van der Waals surface area contributed by atoms with Gasteiger partial charge in [-0.1, -0.05) is 52.0 Å². The number of amides is 3. The van der Waals surface area contributed by atoms with Crippen LogP contribution in [0.2, 0.25) is 0 Å². The summed E-state index contributed by atoms with van der Waals surface area (Å²) in [6.07, 6.45) is 1.52. The Hall–Kier alpha value is -2.46. The second kappa shape index (κ2) is 14.3. The quantitative estimate of drug-likeness (QED) is 0.362. The maximum Gasteiger partial charge on any atom is 0.258 e. The third-order valence-corrected chi connectivity index (χ3v) is 7.83. The van der Waals surface area contributed by atoms with Gasteiger partial charge in [0.15, 0.2) is 5.67 Å². The minimum absolute atomic E-state index is 0.159. The number of alkyl halides is 1. The zero-order valence-electron chi connectivity index (χ0n) is 24.1. The van der Waals surface area contributed by atoms with Crippen LogP contribution in [0.5, 0.6) is 0 Å². The van der Waals surface area contributed by atoms with Crippen LogP contribution in [-0.4, -0.2) is 56.6 Å². The van der Waals surface area contributed by atoms with Crippen molar-refractivity contribution in [1.82, 2.24) is 20.5 Å². The molecule has 2 aromatic rings. The van der Waals surface area contributed by atoms with Crippen molar-refractivity contribution >= 4 is 41.7 Å².